The highest BCUT2D eigenvalue weighted by Gasteiger charge is 2.09. The summed E-state index contributed by atoms with van der Waals surface area (Å²) in [6.07, 6.45) is 1.98. The third kappa shape index (κ3) is 2.19. The minimum atomic E-state index is -0.248. The van der Waals surface area contributed by atoms with Gasteiger partial charge in [-0.25, -0.2) is 4.39 Å². The van der Waals surface area contributed by atoms with Crippen molar-refractivity contribution in [2.45, 2.75) is 5.03 Å². The highest BCUT2D eigenvalue weighted by atomic mass is 32.2. The first-order valence-corrected chi connectivity index (χ1v) is 7.07. The quantitative estimate of drug-likeness (QED) is 0.654. The lowest BCUT2D eigenvalue weighted by atomic mass is 10.1. The second-order valence-corrected chi connectivity index (χ2v) is 4.91. The van der Waals surface area contributed by atoms with Crippen LogP contribution in [0.2, 0.25) is 0 Å². The molecular weight excluding hydrogens is 259 g/mol. The molecule has 0 spiro atoms. The Morgan fingerprint density at radius 3 is 2.26 bits per heavy atom. The van der Waals surface area contributed by atoms with E-state index in [1.165, 1.54) is 12.1 Å². The van der Waals surface area contributed by atoms with E-state index < -0.39 is 0 Å². The number of benzene rings is 2. The number of nitrogens with zero attached hydrogens (tertiary/aromatic N) is 2. The number of hydrogen-bond donors (Lipinski definition) is 0. The maximum Gasteiger partial charge on any atom is 0.126 e. The molecule has 0 N–H and O–H groups in total. The van der Waals surface area contributed by atoms with Gasteiger partial charge < -0.3 is 0 Å². The molecule has 1 heterocycles. The minimum Gasteiger partial charge on any atom is -0.207 e. The summed E-state index contributed by atoms with van der Waals surface area (Å²) in [6, 6.07) is 14.3. The van der Waals surface area contributed by atoms with Crippen LogP contribution >= 0.6 is 11.8 Å². The van der Waals surface area contributed by atoms with Gasteiger partial charge in [-0.15, -0.1) is 22.0 Å². The zero-order chi connectivity index (χ0) is 13.2. The predicted octanol–water partition coefficient (Wildman–Crippen LogP) is 4.16. The lowest BCUT2D eigenvalue weighted by Crippen LogP contribution is -1.93. The van der Waals surface area contributed by atoms with Gasteiger partial charge in [-0.1, -0.05) is 24.3 Å². The smallest absolute Gasteiger partial charge is 0.126 e. The fraction of sp³-hybridized carbons (Fsp3) is 0.0667. The lowest BCUT2D eigenvalue weighted by Gasteiger charge is -2.07. The van der Waals surface area contributed by atoms with E-state index in [-0.39, 0.29) is 5.82 Å². The van der Waals surface area contributed by atoms with E-state index in [2.05, 4.69) is 10.2 Å². The molecule has 0 aliphatic carbocycles. The monoisotopic (exact) mass is 270 g/mol. The van der Waals surface area contributed by atoms with Crippen LogP contribution in [0.5, 0.6) is 0 Å². The van der Waals surface area contributed by atoms with Crippen LogP contribution < -0.4 is 0 Å². The van der Waals surface area contributed by atoms with Gasteiger partial charge in [0.25, 0.3) is 0 Å². The van der Waals surface area contributed by atoms with E-state index in [9.17, 15) is 4.39 Å². The molecule has 4 heteroatoms. The van der Waals surface area contributed by atoms with Gasteiger partial charge in [0.15, 0.2) is 0 Å². The molecule has 94 valence electrons. The van der Waals surface area contributed by atoms with Crippen molar-refractivity contribution in [2.75, 3.05) is 6.26 Å². The Labute approximate surface area is 114 Å². The molecule has 0 saturated heterocycles. The zero-order valence-corrected chi connectivity index (χ0v) is 11.1. The van der Waals surface area contributed by atoms with Crippen LogP contribution in [0, 0.1) is 5.82 Å². The van der Waals surface area contributed by atoms with Crippen molar-refractivity contribution in [3.05, 3.63) is 54.3 Å². The average molecular weight is 270 g/mol. The molecule has 0 aliphatic heterocycles. The molecule has 0 bridgehead atoms. The number of rotatable bonds is 2. The maximum atomic E-state index is 13.0. The van der Waals surface area contributed by atoms with Gasteiger partial charge in [-0.2, -0.15) is 0 Å². The molecule has 19 heavy (non-hydrogen) atoms. The standard InChI is InChI=1S/C15H11FN2S/c1-19-15-13-5-3-2-4-12(13)14(17-18-15)10-6-8-11(16)9-7-10/h2-9H,1H3. The molecule has 0 radical (unpaired) electrons. The molecule has 2 nitrogen and oxygen atoms in total. The third-order valence-electron chi connectivity index (χ3n) is 2.96. The van der Waals surface area contributed by atoms with Crippen molar-refractivity contribution < 1.29 is 4.39 Å². The van der Waals surface area contributed by atoms with E-state index in [4.69, 9.17) is 0 Å². The molecule has 1 aromatic heterocycles. The SMILES string of the molecule is CSc1nnc(-c2ccc(F)cc2)c2ccccc12. The van der Waals surface area contributed by atoms with Crippen LogP contribution in [0.25, 0.3) is 22.0 Å². The molecule has 0 saturated carbocycles. The Morgan fingerprint density at radius 1 is 0.895 bits per heavy atom. The van der Waals surface area contributed by atoms with E-state index >= 15 is 0 Å². The van der Waals surface area contributed by atoms with Gasteiger partial charge >= 0.3 is 0 Å². The molecule has 0 unspecified atom stereocenters. The number of thioether (sulfide) groups is 1. The summed E-state index contributed by atoms with van der Waals surface area (Å²) in [6.45, 7) is 0. The molecular formula is C15H11FN2S. The van der Waals surface area contributed by atoms with E-state index in [0.29, 0.717) is 0 Å². The molecule has 3 rings (SSSR count). The van der Waals surface area contributed by atoms with Crippen LogP contribution in [-0.4, -0.2) is 16.5 Å². The van der Waals surface area contributed by atoms with E-state index in [1.807, 2.05) is 30.5 Å². The summed E-state index contributed by atoms with van der Waals surface area (Å²) >= 11 is 1.57. The van der Waals surface area contributed by atoms with Crippen LogP contribution in [-0.2, 0) is 0 Å². The summed E-state index contributed by atoms with van der Waals surface area (Å²) in [5, 5.41) is 11.5. The van der Waals surface area contributed by atoms with Gasteiger partial charge in [-0.05, 0) is 30.5 Å². The third-order valence-corrected chi connectivity index (χ3v) is 3.65. The van der Waals surface area contributed by atoms with Gasteiger partial charge in [0.05, 0.1) is 0 Å². The van der Waals surface area contributed by atoms with Gasteiger partial charge in [-0.3, -0.25) is 0 Å². The van der Waals surface area contributed by atoms with Crippen LogP contribution in [0.1, 0.15) is 0 Å². The number of hydrogen-bond acceptors (Lipinski definition) is 3. The van der Waals surface area contributed by atoms with E-state index in [0.717, 1.165) is 27.1 Å². The number of aromatic nitrogens is 2. The maximum absolute atomic E-state index is 13.0. The van der Waals surface area contributed by atoms with Gasteiger partial charge in [0.1, 0.15) is 16.5 Å². The fourth-order valence-electron chi connectivity index (χ4n) is 2.05. The Kier molecular flexibility index (Phi) is 3.17. The number of fused-ring (bicyclic) bond motifs is 1. The Bertz CT molecular complexity index is 726. The minimum absolute atomic E-state index is 0.248. The first-order chi connectivity index (χ1) is 9.29. The molecule has 0 atom stereocenters. The normalized spacial score (nSPS) is 10.8. The Morgan fingerprint density at radius 2 is 1.58 bits per heavy atom. The van der Waals surface area contributed by atoms with Crippen molar-refractivity contribution in [3.8, 4) is 11.3 Å². The highest BCUT2D eigenvalue weighted by molar-refractivity contribution is 7.98. The summed E-state index contributed by atoms with van der Waals surface area (Å²) in [4.78, 5) is 0. The second kappa shape index (κ2) is 4.97. The van der Waals surface area contributed by atoms with Crippen LogP contribution in [0.3, 0.4) is 0 Å². The largest absolute Gasteiger partial charge is 0.207 e. The Hall–Kier alpha value is -1.94. The zero-order valence-electron chi connectivity index (χ0n) is 10.3. The molecule has 0 aliphatic rings. The Balaban J connectivity index is 2.27. The summed E-state index contributed by atoms with van der Waals surface area (Å²) in [5.41, 5.74) is 1.66. The van der Waals surface area contributed by atoms with Gasteiger partial charge in [0, 0.05) is 16.3 Å². The van der Waals surface area contributed by atoms with Crippen LogP contribution in [0.15, 0.2) is 53.6 Å². The van der Waals surface area contributed by atoms with Gasteiger partial charge in [0.2, 0.25) is 0 Å². The first kappa shape index (κ1) is 12.1. The summed E-state index contributed by atoms with van der Waals surface area (Å²) < 4.78 is 13.0. The number of halogens is 1. The molecule has 3 aromatic rings. The van der Waals surface area contributed by atoms with Crippen molar-refractivity contribution in [1.82, 2.24) is 10.2 Å². The highest BCUT2D eigenvalue weighted by Crippen LogP contribution is 2.30. The van der Waals surface area contributed by atoms with Crippen molar-refractivity contribution in [1.29, 1.82) is 0 Å². The van der Waals surface area contributed by atoms with Crippen molar-refractivity contribution in [3.63, 3.8) is 0 Å². The van der Waals surface area contributed by atoms with E-state index in [1.54, 1.807) is 23.9 Å². The first-order valence-electron chi connectivity index (χ1n) is 5.85. The molecule has 2 aromatic carbocycles. The molecule has 0 amide bonds. The fourth-order valence-corrected chi connectivity index (χ4v) is 2.57. The topological polar surface area (TPSA) is 25.8 Å². The van der Waals surface area contributed by atoms with Crippen LogP contribution in [0.4, 0.5) is 4.39 Å². The predicted molar refractivity (Wildman–Crippen MR) is 76.7 cm³/mol. The summed E-state index contributed by atoms with van der Waals surface area (Å²) in [7, 11) is 0. The van der Waals surface area contributed by atoms with Crippen molar-refractivity contribution in [2.24, 2.45) is 0 Å². The average Bonchev–Trinajstić information content (AvgIpc) is 2.47. The lowest BCUT2D eigenvalue weighted by molar-refractivity contribution is 0.628. The molecule has 0 fully saturated rings. The second-order valence-electron chi connectivity index (χ2n) is 4.11. The summed E-state index contributed by atoms with van der Waals surface area (Å²) in [5.74, 6) is -0.248. The van der Waals surface area contributed by atoms with Crippen molar-refractivity contribution >= 4 is 22.5 Å².